The maximum absolute atomic E-state index is 14.4. The number of rotatable bonds is 17. The van der Waals surface area contributed by atoms with Crippen LogP contribution in [0.5, 0.6) is 17.2 Å². The topological polar surface area (TPSA) is 98.4 Å². The summed E-state index contributed by atoms with van der Waals surface area (Å²) < 4.78 is 24.4. The van der Waals surface area contributed by atoms with Gasteiger partial charge in [0.15, 0.2) is 11.5 Å². The molecule has 0 aromatic heterocycles. The van der Waals surface area contributed by atoms with Gasteiger partial charge in [0.1, 0.15) is 18.0 Å². The molecule has 1 aliphatic heterocycles. The summed E-state index contributed by atoms with van der Waals surface area (Å²) in [6, 6.07) is 29.1. The van der Waals surface area contributed by atoms with Crippen molar-refractivity contribution < 1.29 is 28.5 Å². The molecule has 0 bridgehead atoms. The lowest BCUT2D eigenvalue weighted by molar-refractivity contribution is -0.138. The van der Waals surface area contributed by atoms with E-state index < -0.39 is 12.2 Å². The van der Waals surface area contributed by atoms with Gasteiger partial charge < -0.3 is 34.5 Å². The molecular formula is C43H52ClN3O6. The molecule has 53 heavy (non-hydrogen) atoms. The smallest absolute Gasteiger partial charge is 0.256 e. The molecule has 1 heterocycles. The number of para-hydroxylation sites is 2. The second kappa shape index (κ2) is 19.0. The summed E-state index contributed by atoms with van der Waals surface area (Å²) in [7, 11) is 3.18. The Morgan fingerprint density at radius 3 is 2.36 bits per heavy atom. The van der Waals surface area contributed by atoms with Gasteiger partial charge in [-0.05, 0) is 73.7 Å². The quantitative estimate of drug-likeness (QED) is 0.106. The van der Waals surface area contributed by atoms with Crippen LogP contribution in [0.2, 0.25) is 5.02 Å². The Morgan fingerprint density at radius 1 is 0.868 bits per heavy atom. The molecule has 0 fully saturated rings. The fourth-order valence-corrected chi connectivity index (χ4v) is 6.68. The lowest BCUT2D eigenvalue weighted by atomic mass is 9.94. The largest absolute Gasteiger partial charge is 0.496 e. The molecule has 9 nitrogen and oxygen atoms in total. The number of hydrogen-bond donors (Lipinski definition) is 2. The van der Waals surface area contributed by atoms with E-state index in [0.717, 1.165) is 37.9 Å². The van der Waals surface area contributed by atoms with Gasteiger partial charge in [-0.15, -0.1) is 0 Å². The molecule has 0 radical (unpaired) electrons. The highest BCUT2D eigenvalue weighted by Crippen LogP contribution is 2.45. The number of nitrogens with zero attached hydrogens (tertiary/aromatic N) is 1. The standard InChI is InChI=1S/C43H52ClN3O6/c1-43(2,3)29-47-35-22-21-32(44)26-34(35)40(53-38(42(47)49)27-39(48)46-28-31-17-9-10-19-36(31)50-4)33-18-11-20-37(41(33)51-5)52-25-13-24-45-23-12-16-30-14-7-6-8-15-30/h6-11,14-15,17-22,26,38,40,45H,12-13,16,23-25,27-29H2,1-5H3,(H,46,48)/t38-,40-/m0/s1. The first kappa shape index (κ1) is 39.6. The number of hydrogen-bond acceptors (Lipinski definition) is 7. The minimum atomic E-state index is -1.10. The van der Waals surface area contributed by atoms with Gasteiger partial charge in [-0.1, -0.05) is 93.0 Å². The van der Waals surface area contributed by atoms with Crippen molar-refractivity contribution in [2.45, 2.75) is 65.2 Å². The first-order chi connectivity index (χ1) is 25.6. The molecule has 0 saturated carbocycles. The van der Waals surface area contributed by atoms with Gasteiger partial charge in [0.25, 0.3) is 5.91 Å². The zero-order chi connectivity index (χ0) is 37.8. The fraction of sp³-hybridized carbons (Fsp3) is 0.395. The van der Waals surface area contributed by atoms with Crippen LogP contribution in [-0.2, 0) is 27.3 Å². The maximum Gasteiger partial charge on any atom is 0.256 e. The Kier molecular flexibility index (Phi) is 14.2. The van der Waals surface area contributed by atoms with Crippen LogP contribution < -0.4 is 29.7 Å². The third-order valence-electron chi connectivity index (χ3n) is 8.99. The lowest BCUT2D eigenvalue weighted by Gasteiger charge is -2.31. The molecule has 5 rings (SSSR count). The average molecular weight is 742 g/mol. The molecule has 4 aromatic carbocycles. The van der Waals surface area contributed by atoms with Crippen LogP contribution in [0.4, 0.5) is 5.69 Å². The van der Waals surface area contributed by atoms with Crippen molar-refractivity contribution >= 4 is 29.1 Å². The van der Waals surface area contributed by atoms with Gasteiger partial charge in [-0.3, -0.25) is 9.59 Å². The van der Waals surface area contributed by atoms with Crippen molar-refractivity contribution in [1.82, 2.24) is 10.6 Å². The normalized spacial score (nSPS) is 15.7. The second-order valence-corrected chi connectivity index (χ2v) is 14.8. The number of carbonyl (C=O) groups is 2. The molecule has 0 spiro atoms. The van der Waals surface area contributed by atoms with E-state index in [9.17, 15) is 9.59 Å². The Morgan fingerprint density at radius 2 is 1.60 bits per heavy atom. The molecule has 2 N–H and O–H groups in total. The van der Waals surface area contributed by atoms with E-state index in [1.54, 1.807) is 25.2 Å². The number of halogens is 1. The van der Waals surface area contributed by atoms with E-state index in [2.05, 4.69) is 55.7 Å². The summed E-state index contributed by atoms with van der Waals surface area (Å²) in [5.74, 6) is 1.10. The van der Waals surface area contributed by atoms with Crippen LogP contribution >= 0.6 is 11.6 Å². The number of ether oxygens (including phenoxy) is 4. The van der Waals surface area contributed by atoms with Crippen LogP contribution in [0.25, 0.3) is 0 Å². The maximum atomic E-state index is 14.4. The Hall–Kier alpha value is -4.57. The minimum Gasteiger partial charge on any atom is -0.496 e. The zero-order valence-electron chi connectivity index (χ0n) is 31.5. The molecular weight excluding hydrogens is 690 g/mol. The summed E-state index contributed by atoms with van der Waals surface area (Å²) >= 11 is 6.62. The predicted molar refractivity (Wildman–Crippen MR) is 210 cm³/mol. The molecule has 2 atom stereocenters. The highest BCUT2D eigenvalue weighted by atomic mass is 35.5. The first-order valence-electron chi connectivity index (χ1n) is 18.3. The highest BCUT2D eigenvalue weighted by molar-refractivity contribution is 6.30. The van der Waals surface area contributed by atoms with Crippen LogP contribution in [0.15, 0.2) is 91.0 Å². The molecule has 282 valence electrons. The van der Waals surface area contributed by atoms with Gasteiger partial charge in [0, 0.05) is 40.5 Å². The number of carbonyl (C=O) groups excluding carboxylic acids is 2. The molecule has 10 heteroatoms. The van der Waals surface area contributed by atoms with E-state index in [1.165, 1.54) is 5.56 Å². The third-order valence-corrected chi connectivity index (χ3v) is 9.22. The van der Waals surface area contributed by atoms with E-state index in [1.807, 2.05) is 60.7 Å². The van der Waals surface area contributed by atoms with Crippen molar-refractivity contribution in [3.05, 3.63) is 118 Å². The molecule has 4 aromatic rings. The molecule has 0 unspecified atom stereocenters. The van der Waals surface area contributed by atoms with Crippen molar-refractivity contribution in [3.8, 4) is 17.2 Å². The van der Waals surface area contributed by atoms with Gasteiger partial charge in [-0.2, -0.15) is 0 Å². The van der Waals surface area contributed by atoms with E-state index in [0.29, 0.717) is 52.2 Å². The summed E-state index contributed by atoms with van der Waals surface area (Å²) in [6.07, 6.45) is 0.819. The summed E-state index contributed by atoms with van der Waals surface area (Å²) in [4.78, 5) is 29.7. The SMILES string of the molecule is COc1ccccc1CNC(=O)C[C@@H]1O[C@@H](c2cccc(OCCCNCCCc3ccccc3)c2OC)c2cc(Cl)ccc2N(CC(C)(C)C)C1=O. The Labute approximate surface area is 318 Å². The van der Waals surface area contributed by atoms with Crippen LogP contribution in [0.1, 0.15) is 68.4 Å². The number of aryl methyl sites for hydroxylation is 1. The lowest BCUT2D eigenvalue weighted by Crippen LogP contribution is -2.45. The minimum absolute atomic E-state index is 0.191. The second-order valence-electron chi connectivity index (χ2n) is 14.4. The fourth-order valence-electron chi connectivity index (χ4n) is 6.50. The number of nitrogens with one attached hydrogen (secondary N) is 2. The monoisotopic (exact) mass is 741 g/mol. The summed E-state index contributed by atoms with van der Waals surface area (Å²) in [5, 5.41) is 6.96. The predicted octanol–water partition coefficient (Wildman–Crippen LogP) is 7.92. The highest BCUT2D eigenvalue weighted by Gasteiger charge is 2.40. The average Bonchev–Trinajstić information content (AvgIpc) is 3.25. The van der Waals surface area contributed by atoms with Gasteiger partial charge in [-0.25, -0.2) is 0 Å². The number of amides is 2. The van der Waals surface area contributed by atoms with Crippen molar-refractivity contribution in [1.29, 1.82) is 0 Å². The van der Waals surface area contributed by atoms with Gasteiger partial charge in [0.2, 0.25) is 5.91 Å². The molecule has 1 aliphatic rings. The van der Waals surface area contributed by atoms with Crippen LogP contribution in [-0.4, -0.2) is 58.4 Å². The van der Waals surface area contributed by atoms with E-state index >= 15 is 0 Å². The van der Waals surface area contributed by atoms with Crippen LogP contribution in [0, 0.1) is 5.41 Å². The summed E-state index contributed by atoms with van der Waals surface area (Å²) in [5.41, 5.74) is 3.94. The van der Waals surface area contributed by atoms with E-state index in [-0.39, 0.29) is 30.2 Å². The number of methoxy groups -OCH3 is 2. The zero-order valence-corrected chi connectivity index (χ0v) is 32.2. The molecule has 0 saturated heterocycles. The Balaban J connectivity index is 1.35. The van der Waals surface area contributed by atoms with Gasteiger partial charge >= 0.3 is 0 Å². The van der Waals surface area contributed by atoms with Crippen molar-refractivity contribution in [2.75, 3.05) is 45.4 Å². The third kappa shape index (κ3) is 11.0. The Bertz CT molecular complexity index is 1810. The van der Waals surface area contributed by atoms with Crippen molar-refractivity contribution in [3.63, 3.8) is 0 Å². The summed E-state index contributed by atoms with van der Waals surface area (Å²) in [6.45, 7) is 9.07. The van der Waals surface area contributed by atoms with Crippen molar-refractivity contribution in [2.24, 2.45) is 5.41 Å². The molecule has 2 amide bonds. The number of benzene rings is 4. The first-order valence-corrected chi connectivity index (χ1v) is 18.6. The number of fused-ring (bicyclic) bond motifs is 1. The molecule has 0 aliphatic carbocycles. The van der Waals surface area contributed by atoms with E-state index in [4.69, 9.17) is 30.5 Å². The van der Waals surface area contributed by atoms with Crippen LogP contribution in [0.3, 0.4) is 0 Å². The van der Waals surface area contributed by atoms with Gasteiger partial charge in [0.05, 0.1) is 27.2 Å². The number of anilines is 1.